The summed E-state index contributed by atoms with van der Waals surface area (Å²) in [5.74, 6) is 0.923. The van der Waals surface area contributed by atoms with Crippen LogP contribution in [0.5, 0.6) is 0 Å². The minimum atomic E-state index is 0.148. The number of anilines is 1. The van der Waals surface area contributed by atoms with Crippen LogP contribution in [0.15, 0.2) is 42.6 Å². The molecule has 0 aliphatic heterocycles. The van der Waals surface area contributed by atoms with Crippen molar-refractivity contribution in [1.29, 1.82) is 0 Å². The van der Waals surface area contributed by atoms with Crippen LogP contribution in [0.2, 0.25) is 5.02 Å². The molecule has 1 N–H and O–H groups in total. The Labute approximate surface area is 126 Å². The molecule has 2 rings (SSSR count). The first-order valence-electron chi connectivity index (χ1n) is 6.90. The summed E-state index contributed by atoms with van der Waals surface area (Å²) in [5, 5.41) is 4.12. The van der Waals surface area contributed by atoms with E-state index in [-0.39, 0.29) is 5.41 Å². The zero-order valence-electron chi connectivity index (χ0n) is 12.3. The van der Waals surface area contributed by atoms with Crippen LogP contribution in [-0.4, -0.2) is 11.5 Å². The van der Waals surface area contributed by atoms with Gasteiger partial charge in [0.1, 0.15) is 5.82 Å². The largest absolute Gasteiger partial charge is 0.370 e. The van der Waals surface area contributed by atoms with Crippen LogP contribution >= 0.6 is 11.6 Å². The van der Waals surface area contributed by atoms with Crippen LogP contribution < -0.4 is 5.32 Å². The van der Waals surface area contributed by atoms with Gasteiger partial charge in [-0.05, 0) is 41.2 Å². The zero-order chi connectivity index (χ0) is 14.6. The van der Waals surface area contributed by atoms with Gasteiger partial charge in [-0.15, -0.1) is 0 Å². The molecule has 1 aromatic carbocycles. The maximum absolute atomic E-state index is 5.87. The van der Waals surface area contributed by atoms with Gasteiger partial charge in [-0.1, -0.05) is 50.6 Å². The molecule has 0 radical (unpaired) electrons. The Balaban J connectivity index is 1.87. The number of aromatic nitrogens is 1. The zero-order valence-corrected chi connectivity index (χ0v) is 13.0. The number of nitrogens with one attached hydrogen (secondary N) is 1. The highest BCUT2D eigenvalue weighted by atomic mass is 35.5. The van der Waals surface area contributed by atoms with Gasteiger partial charge in [0.2, 0.25) is 0 Å². The Bertz CT molecular complexity index is 539. The minimum absolute atomic E-state index is 0.148. The summed E-state index contributed by atoms with van der Waals surface area (Å²) in [6.07, 6.45) is 2.91. The Hall–Kier alpha value is -1.54. The van der Waals surface area contributed by atoms with E-state index in [1.54, 1.807) is 0 Å². The van der Waals surface area contributed by atoms with Gasteiger partial charge in [0.05, 0.1) is 0 Å². The third kappa shape index (κ3) is 4.24. The van der Waals surface area contributed by atoms with Gasteiger partial charge >= 0.3 is 0 Å². The average Bonchev–Trinajstić information content (AvgIpc) is 2.41. The van der Waals surface area contributed by atoms with E-state index < -0.39 is 0 Å². The molecule has 0 aliphatic carbocycles. The second kappa shape index (κ2) is 6.27. The van der Waals surface area contributed by atoms with Crippen LogP contribution in [0.1, 0.15) is 31.9 Å². The number of pyridine rings is 1. The molecule has 2 aromatic rings. The fourth-order valence-electron chi connectivity index (χ4n) is 1.93. The molecule has 106 valence electrons. The van der Waals surface area contributed by atoms with Crippen LogP contribution in [0.4, 0.5) is 5.82 Å². The van der Waals surface area contributed by atoms with E-state index >= 15 is 0 Å². The Morgan fingerprint density at radius 1 is 1.05 bits per heavy atom. The molecule has 0 saturated carbocycles. The van der Waals surface area contributed by atoms with Crippen molar-refractivity contribution in [1.82, 2.24) is 4.98 Å². The van der Waals surface area contributed by atoms with E-state index in [9.17, 15) is 0 Å². The summed E-state index contributed by atoms with van der Waals surface area (Å²) < 4.78 is 0. The standard InChI is InChI=1S/C17H21ClN2/c1-17(2,3)14-6-9-16(20-12-14)19-11-10-13-4-7-15(18)8-5-13/h4-9,12H,10-11H2,1-3H3,(H,19,20). The fraction of sp³-hybridized carbons (Fsp3) is 0.353. The highest BCUT2D eigenvalue weighted by Gasteiger charge is 2.13. The van der Waals surface area contributed by atoms with Crippen LogP contribution in [0, 0.1) is 0 Å². The Morgan fingerprint density at radius 2 is 1.75 bits per heavy atom. The van der Waals surface area contributed by atoms with Gasteiger partial charge < -0.3 is 5.32 Å². The lowest BCUT2D eigenvalue weighted by atomic mass is 9.88. The fourth-order valence-corrected chi connectivity index (χ4v) is 2.05. The van der Waals surface area contributed by atoms with Gasteiger partial charge in [0, 0.05) is 17.8 Å². The number of rotatable bonds is 4. The van der Waals surface area contributed by atoms with Crippen molar-refractivity contribution in [3.63, 3.8) is 0 Å². The SMILES string of the molecule is CC(C)(C)c1ccc(NCCc2ccc(Cl)cc2)nc1. The molecule has 0 unspecified atom stereocenters. The third-order valence-corrected chi connectivity index (χ3v) is 3.51. The summed E-state index contributed by atoms with van der Waals surface area (Å²) in [4.78, 5) is 4.46. The molecule has 1 heterocycles. The third-order valence-electron chi connectivity index (χ3n) is 3.26. The molecule has 3 heteroatoms. The van der Waals surface area contributed by atoms with E-state index in [1.165, 1.54) is 11.1 Å². The molecule has 0 amide bonds. The number of benzene rings is 1. The molecular formula is C17H21ClN2. The van der Waals surface area contributed by atoms with E-state index in [0.717, 1.165) is 23.8 Å². The first-order chi connectivity index (χ1) is 9.45. The molecular weight excluding hydrogens is 268 g/mol. The molecule has 0 aliphatic rings. The smallest absolute Gasteiger partial charge is 0.125 e. The summed E-state index contributed by atoms with van der Waals surface area (Å²) in [6.45, 7) is 7.44. The van der Waals surface area contributed by atoms with Gasteiger partial charge in [0.25, 0.3) is 0 Å². The monoisotopic (exact) mass is 288 g/mol. The van der Waals surface area contributed by atoms with Crippen molar-refractivity contribution in [3.05, 3.63) is 58.7 Å². The highest BCUT2D eigenvalue weighted by Crippen LogP contribution is 2.21. The predicted molar refractivity (Wildman–Crippen MR) is 86.6 cm³/mol. The normalized spacial score (nSPS) is 11.4. The van der Waals surface area contributed by atoms with Gasteiger partial charge in [-0.25, -0.2) is 4.98 Å². The number of halogens is 1. The van der Waals surface area contributed by atoms with E-state index in [1.807, 2.05) is 24.4 Å². The topological polar surface area (TPSA) is 24.9 Å². The lowest BCUT2D eigenvalue weighted by molar-refractivity contribution is 0.587. The maximum atomic E-state index is 5.87. The predicted octanol–water partition coefficient (Wildman–Crippen LogP) is 4.69. The summed E-state index contributed by atoms with van der Waals surface area (Å²) in [7, 11) is 0. The molecule has 0 spiro atoms. The second-order valence-electron chi connectivity index (χ2n) is 5.99. The van der Waals surface area contributed by atoms with Crippen molar-refractivity contribution in [2.75, 3.05) is 11.9 Å². The van der Waals surface area contributed by atoms with Crippen molar-refractivity contribution in [2.24, 2.45) is 0 Å². The first kappa shape index (κ1) is 14.9. The quantitative estimate of drug-likeness (QED) is 0.883. The molecule has 1 aromatic heterocycles. The average molecular weight is 289 g/mol. The molecule has 2 nitrogen and oxygen atoms in total. The van der Waals surface area contributed by atoms with E-state index in [4.69, 9.17) is 11.6 Å². The van der Waals surface area contributed by atoms with Crippen LogP contribution in [0.3, 0.4) is 0 Å². The van der Waals surface area contributed by atoms with E-state index in [2.05, 4.69) is 49.3 Å². The van der Waals surface area contributed by atoms with E-state index in [0.29, 0.717) is 0 Å². The second-order valence-corrected chi connectivity index (χ2v) is 6.42. The Kier molecular flexibility index (Phi) is 4.66. The molecule has 0 saturated heterocycles. The summed E-state index contributed by atoms with van der Waals surface area (Å²) >= 11 is 5.87. The lowest BCUT2D eigenvalue weighted by Gasteiger charge is -2.18. The number of nitrogens with zero attached hydrogens (tertiary/aromatic N) is 1. The number of hydrogen-bond acceptors (Lipinski definition) is 2. The van der Waals surface area contributed by atoms with Gasteiger partial charge in [-0.3, -0.25) is 0 Å². The van der Waals surface area contributed by atoms with Gasteiger partial charge in [-0.2, -0.15) is 0 Å². The number of hydrogen-bond donors (Lipinski definition) is 1. The minimum Gasteiger partial charge on any atom is -0.370 e. The molecule has 0 fully saturated rings. The van der Waals surface area contributed by atoms with Crippen molar-refractivity contribution in [3.8, 4) is 0 Å². The van der Waals surface area contributed by atoms with Crippen molar-refractivity contribution >= 4 is 17.4 Å². The molecule has 0 atom stereocenters. The molecule has 20 heavy (non-hydrogen) atoms. The maximum Gasteiger partial charge on any atom is 0.125 e. The van der Waals surface area contributed by atoms with Gasteiger partial charge in [0.15, 0.2) is 0 Å². The van der Waals surface area contributed by atoms with Crippen molar-refractivity contribution < 1.29 is 0 Å². The Morgan fingerprint density at radius 3 is 2.30 bits per heavy atom. The van der Waals surface area contributed by atoms with Crippen molar-refractivity contribution in [2.45, 2.75) is 32.6 Å². The highest BCUT2D eigenvalue weighted by molar-refractivity contribution is 6.30. The summed E-state index contributed by atoms with van der Waals surface area (Å²) in [5.41, 5.74) is 2.67. The first-order valence-corrected chi connectivity index (χ1v) is 7.28. The summed E-state index contributed by atoms with van der Waals surface area (Å²) in [6, 6.07) is 12.1. The van der Waals surface area contributed by atoms with Crippen LogP contribution in [0.25, 0.3) is 0 Å². The van der Waals surface area contributed by atoms with Crippen LogP contribution in [-0.2, 0) is 11.8 Å². The lowest BCUT2D eigenvalue weighted by Crippen LogP contribution is -2.12. The molecule has 0 bridgehead atoms.